The average Bonchev–Trinajstić information content (AvgIpc) is 3.74. The molecule has 0 radical (unpaired) electrons. The molecule has 1 fully saturated rings. The molecular weight excluding hydrogens is 580 g/mol. The van der Waals surface area contributed by atoms with Crippen molar-refractivity contribution in [1.29, 1.82) is 0 Å². The van der Waals surface area contributed by atoms with Crippen molar-refractivity contribution in [2.45, 2.75) is 71.0 Å². The van der Waals surface area contributed by atoms with Gasteiger partial charge in [0.2, 0.25) is 11.8 Å². The van der Waals surface area contributed by atoms with Crippen LogP contribution in [0.25, 0.3) is 0 Å². The third kappa shape index (κ3) is 8.09. The molecule has 2 heterocycles. The predicted octanol–water partition coefficient (Wildman–Crippen LogP) is 2.83. The summed E-state index contributed by atoms with van der Waals surface area (Å²) in [6.07, 6.45) is 4.65. The van der Waals surface area contributed by atoms with Gasteiger partial charge in [0.05, 0.1) is 6.04 Å². The number of nitrogens with one attached hydrogen (secondary N) is 2. The number of ketones is 1. The standard InChI is InChI=1S/C36H46N6O4/c1-4-33(44)38-30(36(46)41-20-18-40(3)19-21-41)22-26-12-10-25(11-13-26)14-15-32(43)34(29-23-27-8-6-7-9-28(27)24-29)39-35(45)31-16-17-37-42(31)5-2/h6-13,16-17,29-30,34H,4-5,14-15,18-24H2,1-3H3,(H,38,44)(H,39,45)/t30-,34+/m1/s1. The fourth-order valence-electron chi connectivity index (χ4n) is 6.53. The topological polar surface area (TPSA) is 117 Å². The summed E-state index contributed by atoms with van der Waals surface area (Å²) in [5.74, 6) is -0.475. The molecule has 0 saturated carbocycles. The fourth-order valence-corrected chi connectivity index (χ4v) is 6.53. The Hall–Kier alpha value is -4.31. The predicted molar refractivity (Wildman–Crippen MR) is 176 cm³/mol. The number of rotatable bonds is 13. The van der Waals surface area contributed by atoms with E-state index in [1.165, 1.54) is 11.1 Å². The van der Waals surface area contributed by atoms with Gasteiger partial charge < -0.3 is 20.4 Å². The maximum Gasteiger partial charge on any atom is 0.270 e. The zero-order valence-electron chi connectivity index (χ0n) is 27.2. The summed E-state index contributed by atoms with van der Waals surface area (Å²) >= 11 is 0. The highest BCUT2D eigenvalue weighted by Crippen LogP contribution is 2.30. The summed E-state index contributed by atoms with van der Waals surface area (Å²) in [6.45, 7) is 7.21. The number of amides is 3. The maximum absolute atomic E-state index is 13.8. The Bertz CT molecular complexity index is 1500. The lowest BCUT2D eigenvalue weighted by atomic mass is 9.90. The van der Waals surface area contributed by atoms with Crippen LogP contribution >= 0.6 is 0 Å². The summed E-state index contributed by atoms with van der Waals surface area (Å²) in [4.78, 5) is 56.8. The van der Waals surface area contributed by atoms with E-state index in [9.17, 15) is 19.2 Å². The Morgan fingerprint density at radius 2 is 1.52 bits per heavy atom. The number of piperazine rings is 1. The molecule has 46 heavy (non-hydrogen) atoms. The Kier molecular flexibility index (Phi) is 11.0. The number of hydrogen-bond donors (Lipinski definition) is 2. The van der Waals surface area contributed by atoms with Gasteiger partial charge in [0.1, 0.15) is 11.7 Å². The number of aromatic nitrogens is 2. The van der Waals surface area contributed by atoms with E-state index < -0.39 is 12.1 Å². The molecule has 2 atom stereocenters. The van der Waals surface area contributed by atoms with Crippen LogP contribution in [0, 0.1) is 5.92 Å². The number of hydrogen-bond acceptors (Lipinski definition) is 6. The summed E-state index contributed by atoms with van der Waals surface area (Å²) in [7, 11) is 2.04. The lowest BCUT2D eigenvalue weighted by molar-refractivity contribution is -0.137. The number of carbonyl (C=O) groups is 4. The lowest BCUT2D eigenvalue weighted by Crippen LogP contribution is -2.54. The van der Waals surface area contributed by atoms with Gasteiger partial charge >= 0.3 is 0 Å². The van der Waals surface area contributed by atoms with Crippen LogP contribution < -0.4 is 10.6 Å². The minimum atomic E-state index is -0.618. The highest BCUT2D eigenvalue weighted by atomic mass is 16.2. The summed E-state index contributed by atoms with van der Waals surface area (Å²) in [5.41, 5.74) is 4.85. The number of carbonyl (C=O) groups excluding carboxylic acids is 4. The third-order valence-corrected chi connectivity index (χ3v) is 9.33. The number of fused-ring (bicyclic) bond motifs is 1. The summed E-state index contributed by atoms with van der Waals surface area (Å²) in [6, 6.07) is 16.6. The van der Waals surface area contributed by atoms with E-state index in [4.69, 9.17) is 0 Å². The minimum Gasteiger partial charge on any atom is -0.344 e. The first-order valence-electron chi connectivity index (χ1n) is 16.5. The van der Waals surface area contributed by atoms with Gasteiger partial charge in [0.25, 0.3) is 5.91 Å². The van der Waals surface area contributed by atoms with Crippen LogP contribution in [0.2, 0.25) is 0 Å². The van der Waals surface area contributed by atoms with Crippen LogP contribution in [-0.4, -0.2) is 88.4 Å². The van der Waals surface area contributed by atoms with Crippen molar-refractivity contribution in [3.8, 4) is 0 Å². The lowest BCUT2D eigenvalue weighted by Gasteiger charge is -2.34. The number of benzene rings is 2. The highest BCUT2D eigenvalue weighted by Gasteiger charge is 2.34. The quantitative estimate of drug-likeness (QED) is 0.302. The van der Waals surface area contributed by atoms with Gasteiger partial charge in [0, 0.05) is 58.2 Å². The number of likely N-dealkylation sites (N-methyl/N-ethyl adjacent to an activating group) is 1. The molecule has 2 aromatic carbocycles. The zero-order chi connectivity index (χ0) is 32.6. The molecule has 2 N–H and O–H groups in total. The van der Waals surface area contributed by atoms with E-state index in [2.05, 4.69) is 32.8 Å². The molecule has 3 amide bonds. The van der Waals surface area contributed by atoms with Gasteiger partial charge in [-0.2, -0.15) is 5.10 Å². The Morgan fingerprint density at radius 1 is 0.870 bits per heavy atom. The second kappa shape index (κ2) is 15.3. The highest BCUT2D eigenvalue weighted by molar-refractivity contribution is 5.97. The first kappa shape index (κ1) is 33.1. The minimum absolute atomic E-state index is 0.0117. The molecule has 1 saturated heterocycles. The van der Waals surface area contributed by atoms with Crippen molar-refractivity contribution in [2.24, 2.45) is 5.92 Å². The third-order valence-electron chi connectivity index (χ3n) is 9.33. The smallest absolute Gasteiger partial charge is 0.270 e. The Balaban J connectivity index is 1.23. The molecule has 3 aromatic rings. The van der Waals surface area contributed by atoms with Gasteiger partial charge in [-0.15, -0.1) is 0 Å². The molecule has 0 spiro atoms. The van der Waals surface area contributed by atoms with Crippen LogP contribution in [0.1, 0.15) is 59.4 Å². The second-order valence-electron chi connectivity index (χ2n) is 12.5. The first-order chi connectivity index (χ1) is 22.2. The molecular formula is C36H46N6O4. The van der Waals surface area contributed by atoms with Gasteiger partial charge in [0.15, 0.2) is 5.78 Å². The molecule has 2 aliphatic rings. The van der Waals surface area contributed by atoms with E-state index in [-0.39, 0.29) is 29.4 Å². The monoisotopic (exact) mass is 626 g/mol. The van der Waals surface area contributed by atoms with E-state index in [1.54, 1.807) is 23.9 Å². The van der Waals surface area contributed by atoms with Crippen molar-refractivity contribution in [2.75, 3.05) is 33.2 Å². The Morgan fingerprint density at radius 3 is 2.15 bits per heavy atom. The summed E-state index contributed by atoms with van der Waals surface area (Å²) in [5, 5.41) is 10.2. The van der Waals surface area contributed by atoms with Gasteiger partial charge in [-0.1, -0.05) is 55.5 Å². The second-order valence-corrected chi connectivity index (χ2v) is 12.5. The van der Waals surface area contributed by atoms with E-state index in [0.29, 0.717) is 51.0 Å². The zero-order valence-corrected chi connectivity index (χ0v) is 27.2. The van der Waals surface area contributed by atoms with E-state index >= 15 is 0 Å². The number of nitrogens with zero attached hydrogens (tertiary/aromatic N) is 4. The largest absolute Gasteiger partial charge is 0.344 e. The molecule has 5 rings (SSSR count). The molecule has 0 bridgehead atoms. The maximum atomic E-state index is 13.8. The average molecular weight is 627 g/mol. The van der Waals surface area contributed by atoms with Crippen molar-refractivity contribution in [3.05, 3.63) is 88.7 Å². The van der Waals surface area contributed by atoms with E-state index in [1.807, 2.05) is 55.3 Å². The number of aryl methyl sites for hydroxylation is 2. The van der Waals surface area contributed by atoms with Crippen molar-refractivity contribution < 1.29 is 19.2 Å². The molecule has 1 aliphatic carbocycles. The molecule has 244 valence electrons. The van der Waals surface area contributed by atoms with Crippen LogP contribution in [-0.2, 0) is 46.6 Å². The molecule has 1 aromatic heterocycles. The molecule has 1 aliphatic heterocycles. The van der Waals surface area contributed by atoms with Crippen LogP contribution in [0.3, 0.4) is 0 Å². The normalized spacial score (nSPS) is 16.5. The van der Waals surface area contributed by atoms with Crippen LogP contribution in [0.15, 0.2) is 60.8 Å². The molecule has 0 unspecified atom stereocenters. The summed E-state index contributed by atoms with van der Waals surface area (Å²) < 4.78 is 1.64. The number of Topliss-reactive ketones (excluding diaryl/α,β-unsaturated/α-hetero) is 1. The van der Waals surface area contributed by atoms with Crippen LogP contribution in [0.5, 0.6) is 0 Å². The van der Waals surface area contributed by atoms with Gasteiger partial charge in [-0.05, 0) is 67.5 Å². The van der Waals surface area contributed by atoms with Crippen molar-refractivity contribution in [3.63, 3.8) is 0 Å². The van der Waals surface area contributed by atoms with Gasteiger partial charge in [-0.25, -0.2) is 0 Å². The van der Waals surface area contributed by atoms with E-state index in [0.717, 1.165) is 37.1 Å². The van der Waals surface area contributed by atoms with Crippen molar-refractivity contribution >= 4 is 23.5 Å². The van der Waals surface area contributed by atoms with Gasteiger partial charge in [-0.3, -0.25) is 23.9 Å². The fraction of sp³-hybridized carbons (Fsp3) is 0.472. The van der Waals surface area contributed by atoms with Crippen LogP contribution in [0.4, 0.5) is 0 Å². The Labute approximate surface area is 271 Å². The molecule has 10 heteroatoms. The molecule has 10 nitrogen and oxygen atoms in total. The SMILES string of the molecule is CCC(=O)N[C@H](Cc1ccc(CCC(=O)[C@@H](NC(=O)c2ccnn2CC)C2Cc3ccccc3C2)cc1)C(=O)N1CCN(C)CC1. The first-order valence-corrected chi connectivity index (χ1v) is 16.5. The van der Waals surface area contributed by atoms with Crippen molar-refractivity contribution in [1.82, 2.24) is 30.2 Å².